The molecule has 4 rings (SSSR count). The second kappa shape index (κ2) is 5.23. The van der Waals surface area contributed by atoms with Gasteiger partial charge >= 0.3 is 0 Å². The lowest BCUT2D eigenvalue weighted by atomic mass is 10.1. The van der Waals surface area contributed by atoms with Gasteiger partial charge in [-0.25, -0.2) is 9.50 Å². The Morgan fingerprint density at radius 2 is 2.09 bits per heavy atom. The van der Waals surface area contributed by atoms with E-state index in [1.54, 1.807) is 4.68 Å². The van der Waals surface area contributed by atoms with Crippen molar-refractivity contribution in [2.75, 3.05) is 11.4 Å². The van der Waals surface area contributed by atoms with E-state index < -0.39 is 0 Å². The van der Waals surface area contributed by atoms with Crippen LogP contribution in [0.4, 0.5) is 5.82 Å². The van der Waals surface area contributed by atoms with Crippen LogP contribution in [-0.4, -0.2) is 30.9 Å². The van der Waals surface area contributed by atoms with Crippen LogP contribution in [0.2, 0.25) is 5.15 Å². The Balaban J connectivity index is 1.84. The molecular formula is C16H19ClN6. The highest BCUT2D eigenvalue weighted by atomic mass is 35.5. The molecule has 4 heterocycles. The van der Waals surface area contributed by atoms with E-state index >= 15 is 0 Å². The van der Waals surface area contributed by atoms with E-state index in [0.717, 1.165) is 52.8 Å². The van der Waals surface area contributed by atoms with Crippen molar-refractivity contribution >= 4 is 22.9 Å². The molecule has 1 unspecified atom stereocenters. The van der Waals surface area contributed by atoms with Crippen LogP contribution in [-0.2, 0) is 7.05 Å². The largest absolute Gasteiger partial charge is 0.348 e. The van der Waals surface area contributed by atoms with Crippen molar-refractivity contribution in [2.24, 2.45) is 7.05 Å². The first-order chi connectivity index (χ1) is 11.1. The monoisotopic (exact) mass is 330 g/mol. The molecule has 0 amide bonds. The molecule has 1 fully saturated rings. The van der Waals surface area contributed by atoms with Crippen molar-refractivity contribution in [1.29, 1.82) is 0 Å². The molecule has 23 heavy (non-hydrogen) atoms. The van der Waals surface area contributed by atoms with Crippen molar-refractivity contribution in [3.63, 3.8) is 0 Å². The number of aryl methyl sites for hydroxylation is 3. The molecule has 3 aromatic heterocycles. The zero-order valence-corrected chi connectivity index (χ0v) is 14.2. The van der Waals surface area contributed by atoms with Crippen LogP contribution in [0.3, 0.4) is 0 Å². The molecule has 0 saturated carbocycles. The summed E-state index contributed by atoms with van der Waals surface area (Å²) in [4.78, 5) is 6.98. The summed E-state index contributed by atoms with van der Waals surface area (Å²) in [6.07, 6.45) is 5.87. The van der Waals surface area contributed by atoms with E-state index in [1.807, 2.05) is 37.8 Å². The van der Waals surface area contributed by atoms with Gasteiger partial charge in [-0.2, -0.15) is 10.2 Å². The fourth-order valence-electron chi connectivity index (χ4n) is 3.60. The van der Waals surface area contributed by atoms with Gasteiger partial charge in [0.1, 0.15) is 10.7 Å². The lowest BCUT2D eigenvalue weighted by molar-refractivity contribution is 0.705. The van der Waals surface area contributed by atoms with Crippen molar-refractivity contribution in [3.8, 4) is 0 Å². The predicted molar refractivity (Wildman–Crippen MR) is 90.0 cm³/mol. The zero-order valence-electron chi connectivity index (χ0n) is 13.5. The van der Waals surface area contributed by atoms with Crippen molar-refractivity contribution in [2.45, 2.75) is 32.7 Å². The normalized spacial score (nSPS) is 18.3. The van der Waals surface area contributed by atoms with Crippen LogP contribution < -0.4 is 4.90 Å². The van der Waals surface area contributed by atoms with Gasteiger partial charge in [0.2, 0.25) is 0 Å². The van der Waals surface area contributed by atoms with Gasteiger partial charge in [0.05, 0.1) is 17.4 Å². The Labute approximate surface area is 139 Å². The summed E-state index contributed by atoms with van der Waals surface area (Å²) < 4.78 is 3.64. The highest BCUT2D eigenvalue weighted by molar-refractivity contribution is 6.30. The second-order valence-corrected chi connectivity index (χ2v) is 6.49. The van der Waals surface area contributed by atoms with Crippen molar-refractivity contribution < 1.29 is 0 Å². The molecule has 1 saturated heterocycles. The van der Waals surface area contributed by atoms with E-state index in [9.17, 15) is 0 Å². The third-order valence-corrected chi connectivity index (χ3v) is 4.99. The van der Waals surface area contributed by atoms with Crippen LogP contribution in [0.25, 0.3) is 5.52 Å². The molecule has 0 aliphatic carbocycles. The number of fused-ring (bicyclic) bond motifs is 1. The third-order valence-electron chi connectivity index (χ3n) is 4.55. The van der Waals surface area contributed by atoms with Gasteiger partial charge < -0.3 is 4.90 Å². The number of hydrogen-bond acceptors (Lipinski definition) is 4. The van der Waals surface area contributed by atoms with Gasteiger partial charge in [0.15, 0.2) is 5.82 Å². The standard InChI is InChI=1S/C16H19ClN6/c1-10-9-13-16(18-6-8-23(13)19-10)22-7-4-5-12(22)14-11(2)20-21(3)15(14)17/h6,8-9,12H,4-5,7H2,1-3H3. The van der Waals surface area contributed by atoms with E-state index in [-0.39, 0.29) is 6.04 Å². The molecule has 0 bridgehead atoms. The Kier molecular flexibility index (Phi) is 3.30. The minimum Gasteiger partial charge on any atom is -0.348 e. The summed E-state index contributed by atoms with van der Waals surface area (Å²) in [5.41, 5.74) is 4.14. The van der Waals surface area contributed by atoms with Gasteiger partial charge in [-0.15, -0.1) is 0 Å². The Bertz CT molecular complexity index is 880. The van der Waals surface area contributed by atoms with Crippen LogP contribution in [0.5, 0.6) is 0 Å². The van der Waals surface area contributed by atoms with Crippen LogP contribution in [0.1, 0.15) is 35.8 Å². The summed E-state index contributed by atoms with van der Waals surface area (Å²) in [6, 6.07) is 2.29. The maximum absolute atomic E-state index is 6.51. The van der Waals surface area contributed by atoms with Crippen LogP contribution in [0.15, 0.2) is 18.5 Å². The topological polar surface area (TPSA) is 51.2 Å². The zero-order chi connectivity index (χ0) is 16.1. The molecule has 3 aromatic rings. The first kappa shape index (κ1) is 14.5. The third kappa shape index (κ3) is 2.20. The van der Waals surface area contributed by atoms with Gasteiger partial charge in [0, 0.05) is 31.5 Å². The Morgan fingerprint density at radius 3 is 2.83 bits per heavy atom. The SMILES string of the molecule is Cc1cc2c(N3CCCC3c3c(C)nn(C)c3Cl)nccn2n1. The Morgan fingerprint density at radius 1 is 1.26 bits per heavy atom. The molecule has 7 heteroatoms. The van der Waals surface area contributed by atoms with Gasteiger partial charge in [-0.05, 0) is 32.8 Å². The summed E-state index contributed by atoms with van der Waals surface area (Å²) >= 11 is 6.51. The lowest BCUT2D eigenvalue weighted by Crippen LogP contribution is -2.24. The summed E-state index contributed by atoms with van der Waals surface area (Å²) in [5.74, 6) is 0.968. The number of nitrogens with zero attached hydrogens (tertiary/aromatic N) is 6. The molecule has 0 aromatic carbocycles. The number of aromatic nitrogens is 5. The Hall–Kier alpha value is -2.08. The van der Waals surface area contributed by atoms with Crippen LogP contribution >= 0.6 is 11.6 Å². The average molecular weight is 331 g/mol. The molecule has 0 spiro atoms. The molecule has 1 aliphatic rings. The minimum absolute atomic E-state index is 0.213. The first-order valence-corrected chi connectivity index (χ1v) is 8.20. The summed E-state index contributed by atoms with van der Waals surface area (Å²) in [7, 11) is 1.89. The first-order valence-electron chi connectivity index (χ1n) is 7.83. The highest BCUT2D eigenvalue weighted by Gasteiger charge is 2.33. The average Bonchev–Trinajstić information content (AvgIpc) is 3.17. The fraction of sp³-hybridized carbons (Fsp3) is 0.438. The molecule has 1 aliphatic heterocycles. The molecule has 1 atom stereocenters. The lowest BCUT2D eigenvalue weighted by Gasteiger charge is -2.26. The van der Waals surface area contributed by atoms with Crippen LogP contribution in [0, 0.1) is 13.8 Å². The second-order valence-electron chi connectivity index (χ2n) is 6.13. The fourth-order valence-corrected chi connectivity index (χ4v) is 3.90. The quantitative estimate of drug-likeness (QED) is 0.724. The highest BCUT2D eigenvalue weighted by Crippen LogP contribution is 2.40. The predicted octanol–water partition coefficient (Wildman–Crippen LogP) is 3.07. The maximum atomic E-state index is 6.51. The van der Waals surface area contributed by atoms with Crippen molar-refractivity contribution in [1.82, 2.24) is 24.4 Å². The summed E-state index contributed by atoms with van der Waals surface area (Å²) in [6.45, 7) is 4.99. The molecular weight excluding hydrogens is 312 g/mol. The molecule has 0 N–H and O–H groups in total. The molecule has 120 valence electrons. The molecule has 6 nitrogen and oxygen atoms in total. The number of rotatable bonds is 2. The van der Waals surface area contributed by atoms with Gasteiger partial charge in [0.25, 0.3) is 0 Å². The maximum Gasteiger partial charge on any atom is 0.155 e. The van der Waals surface area contributed by atoms with Gasteiger partial charge in [-0.1, -0.05) is 11.6 Å². The number of halogens is 1. The van der Waals surface area contributed by atoms with Crippen molar-refractivity contribution in [3.05, 3.63) is 40.6 Å². The summed E-state index contributed by atoms with van der Waals surface area (Å²) in [5, 5.41) is 9.68. The smallest absolute Gasteiger partial charge is 0.155 e. The number of anilines is 1. The van der Waals surface area contributed by atoms with E-state index in [4.69, 9.17) is 11.6 Å². The van der Waals surface area contributed by atoms with Gasteiger partial charge in [-0.3, -0.25) is 4.68 Å². The molecule has 0 radical (unpaired) electrons. The van der Waals surface area contributed by atoms with E-state index in [2.05, 4.69) is 26.1 Å². The van der Waals surface area contributed by atoms with E-state index in [0.29, 0.717) is 0 Å². The number of hydrogen-bond donors (Lipinski definition) is 0. The minimum atomic E-state index is 0.213. The van der Waals surface area contributed by atoms with E-state index in [1.165, 1.54) is 0 Å².